The molecule has 0 aliphatic carbocycles. The molecule has 1 aliphatic rings. The topological polar surface area (TPSA) is 73.1 Å². The Morgan fingerprint density at radius 2 is 1.93 bits per heavy atom. The Kier molecular flexibility index (Phi) is 6.32. The molecule has 1 amide bonds. The van der Waals surface area contributed by atoms with Crippen molar-refractivity contribution in [2.24, 2.45) is 5.92 Å². The van der Waals surface area contributed by atoms with Gasteiger partial charge in [0.25, 0.3) is 0 Å². The molecular formula is C22H25N5O2S. The van der Waals surface area contributed by atoms with Crippen LogP contribution in [0.15, 0.2) is 53.9 Å². The van der Waals surface area contributed by atoms with Gasteiger partial charge in [-0.2, -0.15) is 0 Å². The number of amides is 1. The van der Waals surface area contributed by atoms with Crippen molar-refractivity contribution in [3.63, 3.8) is 0 Å². The van der Waals surface area contributed by atoms with Gasteiger partial charge in [-0.25, -0.2) is 0 Å². The van der Waals surface area contributed by atoms with Crippen LogP contribution in [0.5, 0.6) is 5.75 Å². The molecule has 0 N–H and O–H groups in total. The smallest absolute Gasteiger partial charge is 0.233 e. The lowest BCUT2D eigenvalue weighted by Gasteiger charge is -2.30. The molecule has 1 saturated heterocycles. The summed E-state index contributed by atoms with van der Waals surface area (Å²) in [6.07, 6.45) is 5.73. The molecule has 3 aromatic rings. The number of carbonyl (C=O) groups is 1. The van der Waals surface area contributed by atoms with Crippen molar-refractivity contribution in [1.82, 2.24) is 24.6 Å². The highest BCUT2D eigenvalue weighted by Gasteiger charge is 2.23. The summed E-state index contributed by atoms with van der Waals surface area (Å²) >= 11 is 1.42. The molecule has 0 unspecified atom stereocenters. The van der Waals surface area contributed by atoms with Gasteiger partial charge in [0.05, 0.1) is 12.9 Å². The molecule has 1 aromatic carbocycles. The minimum atomic E-state index is 0.154. The number of thioether (sulfide) groups is 1. The fraction of sp³-hybridized carbons (Fsp3) is 0.364. The van der Waals surface area contributed by atoms with E-state index in [-0.39, 0.29) is 5.91 Å². The quantitative estimate of drug-likeness (QED) is 0.563. The average Bonchev–Trinajstić information content (AvgIpc) is 3.22. The fourth-order valence-electron chi connectivity index (χ4n) is 3.65. The third-order valence-corrected chi connectivity index (χ3v) is 6.15. The molecule has 30 heavy (non-hydrogen) atoms. The van der Waals surface area contributed by atoms with E-state index in [0.717, 1.165) is 36.5 Å². The van der Waals surface area contributed by atoms with Gasteiger partial charge in [0.1, 0.15) is 5.75 Å². The Morgan fingerprint density at radius 1 is 1.17 bits per heavy atom. The largest absolute Gasteiger partial charge is 0.497 e. The van der Waals surface area contributed by atoms with Crippen molar-refractivity contribution < 1.29 is 9.53 Å². The molecular weight excluding hydrogens is 398 g/mol. The number of aromatic nitrogens is 4. The first-order chi connectivity index (χ1) is 14.7. The fourth-order valence-corrected chi connectivity index (χ4v) is 4.50. The van der Waals surface area contributed by atoms with Crippen LogP contribution in [0, 0.1) is 5.92 Å². The first-order valence-corrected chi connectivity index (χ1v) is 11.0. The number of rotatable bonds is 6. The van der Waals surface area contributed by atoms with E-state index in [1.165, 1.54) is 18.2 Å². The maximum absolute atomic E-state index is 12.7. The maximum Gasteiger partial charge on any atom is 0.233 e. The first-order valence-electron chi connectivity index (χ1n) is 10.1. The number of hydrogen-bond acceptors (Lipinski definition) is 6. The summed E-state index contributed by atoms with van der Waals surface area (Å²) in [6, 6.07) is 11.5. The van der Waals surface area contributed by atoms with E-state index in [1.807, 2.05) is 45.9 Å². The van der Waals surface area contributed by atoms with Crippen LogP contribution in [0.2, 0.25) is 0 Å². The van der Waals surface area contributed by atoms with Crippen LogP contribution < -0.4 is 4.74 Å². The number of hydrogen-bond donors (Lipinski definition) is 0. The van der Waals surface area contributed by atoms with Gasteiger partial charge in [-0.05, 0) is 55.2 Å². The van der Waals surface area contributed by atoms with Gasteiger partial charge in [0.15, 0.2) is 11.0 Å². The van der Waals surface area contributed by atoms with E-state index in [2.05, 4.69) is 22.1 Å². The lowest BCUT2D eigenvalue weighted by Crippen LogP contribution is -2.40. The van der Waals surface area contributed by atoms with E-state index in [4.69, 9.17) is 4.74 Å². The molecule has 156 valence electrons. The first kappa shape index (κ1) is 20.4. The number of carbonyl (C=O) groups excluding carboxylic acids is 1. The number of ether oxygens (including phenoxy) is 1. The summed E-state index contributed by atoms with van der Waals surface area (Å²) in [5, 5.41) is 9.50. The van der Waals surface area contributed by atoms with Crippen molar-refractivity contribution in [2.45, 2.75) is 24.9 Å². The zero-order valence-corrected chi connectivity index (χ0v) is 18.0. The van der Waals surface area contributed by atoms with Crippen molar-refractivity contribution in [3.05, 3.63) is 48.8 Å². The summed E-state index contributed by atoms with van der Waals surface area (Å²) < 4.78 is 7.26. The Hall–Kier alpha value is -2.87. The van der Waals surface area contributed by atoms with Crippen molar-refractivity contribution >= 4 is 17.7 Å². The van der Waals surface area contributed by atoms with Crippen LogP contribution in [0.25, 0.3) is 17.1 Å². The predicted octanol–water partition coefficient (Wildman–Crippen LogP) is 3.69. The highest BCUT2D eigenvalue weighted by atomic mass is 32.2. The zero-order chi connectivity index (χ0) is 20.9. The summed E-state index contributed by atoms with van der Waals surface area (Å²) in [5.74, 6) is 2.55. The number of methoxy groups -OCH3 is 1. The molecule has 7 nitrogen and oxygen atoms in total. The zero-order valence-electron chi connectivity index (χ0n) is 17.2. The highest BCUT2D eigenvalue weighted by Crippen LogP contribution is 2.29. The second kappa shape index (κ2) is 9.30. The van der Waals surface area contributed by atoms with Gasteiger partial charge >= 0.3 is 0 Å². The second-order valence-corrected chi connectivity index (χ2v) is 8.39. The summed E-state index contributed by atoms with van der Waals surface area (Å²) in [4.78, 5) is 18.8. The van der Waals surface area contributed by atoms with Crippen LogP contribution in [-0.2, 0) is 4.79 Å². The van der Waals surface area contributed by atoms with Gasteiger partial charge in [0.2, 0.25) is 5.91 Å². The maximum atomic E-state index is 12.7. The van der Waals surface area contributed by atoms with Crippen LogP contribution in [0.1, 0.15) is 19.8 Å². The molecule has 0 saturated carbocycles. The van der Waals surface area contributed by atoms with Crippen molar-refractivity contribution in [2.75, 3.05) is 26.0 Å². The van der Waals surface area contributed by atoms with Gasteiger partial charge in [-0.1, -0.05) is 18.7 Å². The van der Waals surface area contributed by atoms with Gasteiger partial charge in [-0.3, -0.25) is 14.3 Å². The van der Waals surface area contributed by atoms with E-state index in [1.54, 1.807) is 19.5 Å². The summed E-state index contributed by atoms with van der Waals surface area (Å²) in [7, 11) is 1.64. The van der Waals surface area contributed by atoms with Crippen molar-refractivity contribution in [3.8, 4) is 22.8 Å². The van der Waals surface area contributed by atoms with E-state index >= 15 is 0 Å². The molecule has 1 aliphatic heterocycles. The third-order valence-electron chi connectivity index (χ3n) is 5.24. The molecule has 0 spiro atoms. The van der Waals surface area contributed by atoms with Crippen LogP contribution in [-0.4, -0.2) is 56.5 Å². The SMILES string of the molecule is COc1ccc(-n2c(SCC(=O)N3CCC[C@@H](C)C3)nnc2-c2ccncc2)cc1. The molecule has 1 fully saturated rings. The number of likely N-dealkylation sites (tertiary alicyclic amines) is 1. The molecule has 2 aromatic heterocycles. The normalized spacial score (nSPS) is 16.5. The van der Waals surface area contributed by atoms with Gasteiger partial charge in [-0.15, -0.1) is 10.2 Å². The molecule has 0 radical (unpaired) electrons. The van der Waals surface area contributed by atoms with Crippen LogP contribution in [0.4, 0.5) is 0 Å². The Balaban J connectivity index is 1.61. The Bertz CT molecular complexity index is 991. The summed E-state index contributed by atoms with van der Waals surface area (Å²) in [6.45, 7) is 3.89. The Morgan fingerprint density at radius 3 is 2.63 bits per heavy atom. The average molecular weight is 424 g/mol. The van der Waals surface area contributed by atoms with Gasteiger partial charge in [0, 0.05) is 36.7 Å². The standard InChI is InChI=1S/C22H25N5O2S/c1-16-4-3-13-26(14-16)20(28)15-30-22-25-24-21(17-9-11-23-12-10-17)27(22)18-5-7-19(29-2)8-6-18/h5-12,16H,3-4,13-15H2,1-2H3/t16-/m1/s1. The highest BCUT2D eigenvalue weighted by molar-refractivity contribution is 7.99. The molecule has 8 heteroatoms. The summed E-state index contributed by atoms with van der Waals surface area (Å²) in [5.41, 5.74) is 1.82. The number of nitrogens with zero attached hydrogens (tertiary/aromatic N) is 5. The van der Waals surface area contributed by atoms with Crippen LogP contribution in [0.3, 0.4) is 0 Å². The number of pyridine rings is 1. The monoisotopic (exact) mass is 423 g/mol. The molecule has 3 heterocycles. The van der Waals surface area contributed by atoms with E-state index in [9.17, 15) is 4.79 Å². The van der Waals surface area contributed by atoms with E-state index < -0.39 is 0 Å². The Labute approximate surface area is 180 Å². The number of benzene rings is 1. The van der Waals surface area contributed by atoms with E-state index in [0.29, 0.717) is 22.7 Å². The number of piperidine rings is 1. The molecule has 4 rings (SSSR count). The molecule has 1 atom stereocenters. The second-order valence-electron chi connectivity index (χ2n) is 7.45. The minimum absolute atomic E-state index is 0.154. The third kappa shape index (κ3) is 4.48. The lowest BCUT2D eigenvalue weighted by molar-refractivity contribution is -0.130. The van der Waals surface area contributed by atoms with Gasteiger partial charge < -0.3 is 9.64 Å². The lowest BCUT2D eigenvalue weighted by atomic mass is 10.0. The molecule has 0 bridgehead atoms. The van der Waals surface area contributed by atoms with Crippen molar-refractivity contribution in [1.29, 1.82) is 0 Å². The minimum Gasteiger partial charge on any atom is -0.497 e. The van der Waals surface area contributed by atoms with Crippen LogP contribution >= 0.6 is 11.8 Å². The predicted molar refractivity (Wildman–Crippen MR) is 117 cm³/mol.